The summed E-state index contributed by atoms with van der Waals surface area (Å²) < 4.78 is 15.8. The molecule has 0 atom stereocenters. The van der Waals surface area contributed by atoms with Crippen molar-refractivity contribution in [1.29, 1.82) is 0 Å². The van der Waals surface area contributed by atoms with Crippen molar-refractivity contribution in [1.82, 2.24) is 14.5 Å². The highest BCUT2D eigenvalue weighted by atomic mass is 16.3. The molecule has 58 heavy (non-hydrogen) atoms. The quantitative estimate of drug-likeness (QED) is 0.131. The minimum absolute atomic E-state index is 0.102. The Balaban J connectivity index is 1.19. The number of rotatable bonds is 2. The summed E-state index contributed by atoms with van der Waals surface area (Å²) in [5, 5.41) is 12.0. The molecule has 9 aromatic carbocycles. The van der Waals surface area contributed by atoms with Crippen LogP contribution in [0.3, 0.4) is 0 Å². The first-order chi connectivity index (χ1) is 28.5. The standard InChI is InChI=1S/C53H31N3O2/c1-53(2)39-16-8-5-13-33(39)36-25-32(21-22-40(36)53)48-38-23-28-11-3-4-12-29(28)26-41(38)54-52(55-48)56-49-45-31(27-44-47(49)35-15-7-10-18-43(35)57-44)20-19-30-24-37-34-14-6-9-17-42(34)58-51(37)50(56)46(30)45/h3-27H,1-2H3. The monoisotopic (exact) mass is 741 g/mol. The Kier molecular flexibility index (Phi) is 5.53. The van der Waals surface area contributed by atoms with Crippen LogP contribution in [0.4, 0.5) is 0 Å². The van der Waals surface area contributed by atoms with Gasteiger partial charge in [-0.3, -0.25) is 4.57 Å². The number of para-hydroxylation sites is 2. The Labute approximate surface area is 330 Å². The second kappa shape index (κ2) is 10.5. The Bertz CT molecular complexity index is 3950. The Morgan fingerprint density at radius 3 is 2.00 bits per heavy atom. The first-order valence-corrected chi connectivity index (χ1v) is 19.9. The van der Waals surface area contributed by atoms with Crippen LogP contribution in [-0.4, -0.2) is 14.5 Å². The summed E-state index contributed by atoms with van der Waals surface area (Å²) in [4.78, 5) is 11.3. The van der Waals surface area contributed by atoms with E-state index in [0.717, 1.165) is 109 Å². The lowest BCUT2D eigenvalue weighted by Crippen LogP contribution is -2.14. The van der Waals surface area contributed by atoms with Crippen molar-refractivity contribution in [3.05, 3.63) is 163 Å². The van der Waals surface area contributed by atoms with Crippen molar-refractivity contribution in [3.8, 4) is 28.3 Å². The normalized spacial score (nSPS) is 13.8. The smallest absolute Gasteiger partial charge is 0.235 e. The summed E-state index contributed by atoms with van der Waals surface area (Å²) in [6, 6.07) is 54.3. The predicted molar refractivity (Wildman–Crippen MR) is 238 cm³/mol. The van der Waals surface area contributed by atoms with Crippen LogP contribution in [0.5, 0.6) is 0 Å². The number of nitrogens with zero attached hydrogens (tertiary/aromatic N) is 3. The number of hydrogen-bond acceptors (Lipinski definition) is 4. The zero-order chi connectivity index (χ0) is 38.0. The van der Waals surface area contributed by atoms with Crippen molar-refractivity contribution in [2.75, 3.05) is 0 Å². The molecule has 0 unspecified atom stereocenters. The first-order valence-electron chi connectivity index (χ1n) is 19.9. The molecule has 0 saturated heterocycles. The van der Waals surface area contributed by atoms with Crippen LogP contribution in [0, 0.1) is 0 Å². The number of aromatic nitrogens is 3. The Hall–Kier alpha value is -7.50. The van der Waals surface area contributed by atoms with E-state index in [2.05, 4.69) is 158 Å². The lowest BCUT2D eigenvalue weighted by molar-refractivity contribution is 0.660. The molecule has 1 aliphatic rings. The molecule has 0 spiro atoms. The van der Waals surface area contributed by atoms with E-state index in [1.165, 1.54) is 22.3 Å². The molecule has 0 fully saturated rings. The van der Waals surface area contributed by atoms with Gasteiger partial charge in [-0.05, 0) is 86.3 Å². The fourth-order valence-corrected chi connectivity index (χ4v) is 10.5. The van der Waals surface area contributed by atoms with Crippen molar-refractivity contribution in [3.63, 3.8) is 0 Å². The highest BCUT2D eigenvalue weighted by molar-refractivity contribution is 6.36. The molecular weight excluding hydrogens is 711 g/mol. The summed E-state index contributed by atoms with van der Waals surface area (Å²) >= 11 is 0. The third-order valence-electron chi connectivity index (χ3n) is 13.1. The third-order valence-corrected chi connectivity index (χ3v) is 13.1. The second-order valence-corrected chi connectivity index (χ2v) is 16.5. The molecule has 4 heterocycles. The average Bonchev–Trinajstić information content (AvgIpc) is 3.98. The van der Waals surface area contributed by atoms with Crippen molar-refractivity contribution < 1.29 is 8.83 Å². The minimum atomic E-state index is -0.102. The minimum Gasteiger partial charge on any atom is -0.456 e. The van der Waals surface area contributed by atoms with E-state index in [1.807, 2.05) is 12.1 Å². The van der Waals surface area contributed by atoms with E-state index in [1.54, 1.807) is 0 Å². The largest absolute Gasteiger partial charge is 0.456 e. The molecule has 14 rings (SSSR count). The number of hydrogen-bond donors (Lipinski definition) is 0. The average molecular weight is 742 g/mol. The van der Waals surface area contributed by atoms with E-state index in [4.69, 9.17) is 18.8 Å². The molecule has 4 aromatic heterocycles. The summed E-state index contributed by atoms with van der Waals surface area (Å²) in [5.41, 5.74) is 13.2. The van der Waals surface area contributed by atoms with Gasteiger partial charge in [-0.15, -0.1) is 0 Å². The lowest BCUT2D eigenvalue weighted by Gasteiger charge is -2.21. The maximum atomic E-state index is 6.90. The van der Waals surface area contributed by atoms with Gasteiger partial charge in [0.15, 0.2) is 5.58 Å². The van der Waals surface area contributed by atoms with Crippen molar-refractivity contribution in [2.45, 2.75) is 19.3 Å². The highest BCUT2D eigenvalue weighted by Gasteiger charge is 2.35. The molecule has 270 valence electrons. The topological polar surface area (TPSA) is 57.0 Å². The molecule has 1 aliphatic carbocycles. The number of fused-ring (bicyclic) bond motifs is 13. The zero-order valence-corrected chi connectivity index (χ0v) is 31.6. The molecular formula is C53H31N3O2. The number of benzene rings is 9. The zero-order valence-electron chi connectivity index (χ0n) is 31.6. The van der Waals surface area contributed by atoms with Gasteiger partial charge < -0.3 is 8.83 Å². The van der Waals surface area contributed by atoms with Crippen LogP contribution in [0.2, 0.25) is 0 Å². The fourth-order valence-electron chi connectivity index (χ4n) is 10.5. The van der Waals surface area contributed by atoms with Crippen LogP contribution in [0.15, 0.2) is 160 Å². The second-order valence-electron chi connectivity index (χ2n) is 16.5. The van der Waals surface area contributed by atoms with E-state index in [9.17, 15) is 0 Å². The third kappa shape index (κ3) is 3.76. The summed E-state index contributed by atoms with van der Waals surface area (Å²) in [6.45, 7) is 4.65. The van der Waals surface area contributed by atoms with Crippen LogP contribution in [0.1, 0.15) is 25.0 Å². The van der Waals surface area contributed by atoms with Gasteiger partial charge in [0.05, 0.1) is 22.1 Å². The maximum absolute atomic E-state index is 6.90. The molecule has 0 bridgehead atoms. The SMILES string of the molecule is CC1(C)c2ccccc2-c2cc(-c3nc(-n4c5c6oc7ccccc7c6cc6ccc7cc8oc9ccccc9c8c4c7c65)nc4cc5ccccc5cc34)ccc21. The molecule has 0 amide bonds. The van der Waals surface area contributed by atoms with E-state index >= 15 is 0 Å². The molecule has 0 radical (unpaired) electrons. The van der Waals surface area contributed by atoms with Gasteiger partial charge in [0.1, 0.15) is 22.3 Å². The molecule has 5 heteroatoms. The van der Waals surface area contributed by atoms with E-state index in [-0.39, 0.29) is 5.41 Å². The van der Waals surface area contributed by atoms with Crippen LogP contribution < -0.4 is 0 Å². The summed E-state index contributed by atoms with van der Waals surface area (Å²) in [5.74, 6) is 0.587. The summed E-state index contributed by atoms with van der Waals surface area (Å²) in [7, 11) is 0. The Morgan fingerprint density at radius 2 is 1.14 bits per heavy atom. The van der Waals surface area contributed by atoms with E-state index < -0.39 is 0 Å². The molecule has 0 aliphatic heterocycles. The van der Waals surface area contributed by atoms with Gasteiger partial charge in [0, 0.05) is 43.3 Å². The first kappa shape index (κ1) is 30.7. The van der Waals surface area contributed by atoms with Crippen molar-refractivity contribution >= 4 is 98.1 Å². The van der Waals surface area contributed by atoms with Crippen LogP contribution >= 0.6 is 0 Å². The molecule has 0 N–H and O–H groups in total. The van der Waals surface area contributed by atoms with Gasteiger partial charge in [0.2, 0.25) is 5.95 Å². The predicted octanol–water partition coefficient (Wildman–Crippen LogP) is 14.2. The number of furan rings is 2. The fraction of sp³-hybridized carbons (Fsp3) is 0.0566. The molecule has 5 nitrogen and oxygen atoms in total. The van der Waals surface area contributed by atoms with E-state index in [0.29, 0.717) is 5.95 Å². The van der Waals surface area contributed by atoms with Gasteiger partial charge in [-0.2, -0.15) is 0 Å². The van der Waals surface area contributed by atoms with Gasteiger partial charge in [0.25, 0.3) is 0 Å². The molecule has 13 aromatic rings. The lowest BCUT2D eigenvalue weighted by atomic mass is 9.82. The Morgan fingerprint density at radius 1 is 0.466 bits per heavy atom. The van der Waals surface area contributed by atoms with Crippen LogP contribution in [-0.2, 0) is 5.41 Å². The van der Waals surface area contributed by atoms with Crippen LogP contribution in [0.25, 0.3) is 126 Å². The van der Waals surface area contributed by atoms with Gasteiger partial charge in [-0.25, -0.2) is 9.97 Å². The van der Waals surface area contributed by atoms with Gasteiger partial charge in [-0.1, -0.05) is 123 Å². The van der Waals surface area contributed by atoms with Crippen molar-refractivity contribution in [2.24, 2.45) is 0 Å². The molecule has 0 saturated carbocycles. The highest BCUT2D eigenvalue weighted by Crippen LogP contribution is 2.51. The van der Waals surface area contributed by atoms with Gasteiger partial charge >= 0.3 is 0 Å². The maximum Gasteiger partial charge on any atom is 0.235 e. The summed E-state index contributed by atoms with van der Waals surface area (Å²) in [6.07, 6.45) is 0.